The molecule has 1 saturated carbocycles. The summed E-state index contributed by atoms with van der Waals surface area (Å²) in [5.74, 6) is 1.04. The summed E-state index contributed by atoms with van der Waals surface area (Å²) in [6, 6.07) is 0. The smallest absolute Gasteiger partial charge is 0.0483 e. The third kappa shape index (κ3) is 9.96. The van der Waals surface area contributed by atoms with Crippen LogP contribution in [0.15, 0.2) is 0 Å². The minimum Gasteiger partial charge on any atom is -0.394 e. The van der Waals surface area contributed by atoms with Gasteiger partial charge in [0.05, 0.1) is 0 Å². The number of rotatable bonds is 0. The molecule has 1 N–H and O–H groups in total. The number of hydrogen-bond acceptors (Lipinski definition) is 1. The lowest BCUT2D eigenvalue weighted by Gasteiger charge is -2.15. The fraction of sp³-hybridized carbons (Fsp3) is 1.00. The molecule has 11 heavy (non-hydrogen) atoms. The molecule has 1 heteroatoms. The average Bonchev–Trinajstić information content (AvgIpc) is 1.87. The van der Waals surface area contributed by atoms with Crippen LogP contribution in [0.4, 0.5) is 0 Å². The quantitative estimate of drug-likeness (QED) is 0.574. The van der Waals surface area contributed by atoms with E-state index in [1.165, 1.54) is 32.1 Å². The Morgan fingerprint density at radius 1 is 1.09 bits per heavy atom. The first-order valence-corrected chi connectivity index (χ1v) is 4.81. The largest absolute Gasteiger partial charge is 0.394 e. The minimum atomic E-state index is -0.167. The van der Waals surface area contributed by atoms with Crippen LogP contribution >= 0.6 is 0 Å². The van der Waals surface area contributed by atoms with Crippen molar-refractivity contribution in [3.05, 3.63) is 0 Å². The van der Waals surface area contributed by atoms with E-state index >= 15 is 0 Å². The van der Waals surface area contributed by atoms with Gasteiger partial charge >= 0.3 is 0 Å². The van der Waals surface area contributed by atoms with E-state index in [9.17, 15) is 0 Å². The molecule has 0 radical (unpaired) electrons. The van der Waals surface area contributed by atoms with Crippen LogP contribution in [-0.4, -0.2) is 11.2 Å². The van der Waals surface area contributed by atoms with Crippen LogP contribution in [0.25, 0.3) is 0 Å². The predicted molar refractivity (Wildman–Crippen MR) is 49.6 cm³/mol. The highest BCUT2D eigenvalue weighted by atomic mass is 16.3. The molecule has 1 aliphatic carbocycles. The highest BCUT2D eigenvalue weighted by Crippen LogP contribution is 2.21. The van der Waals surface area contributed by atoms with Crippen molar-refractivity contribution in [3.63, 3.8) is 0 Å². The van der Waals surface area contributed by atoms with E-state index in [4.69, 9.17) is 5.11 Å². The zero-order chi connectivity index (χ0) is 8.69. The fourth-order valence-corrected chi connectivity index (χ4v) is 1.31. The van der Waals surface area contributed by atoms with E-state index in [-0.39, 0.29) is 6.10 Å². The van der Waals surface area contributed by atoms with Crippen LogP contribution in [0, 0.1) is 5.92 Å². The Morgan fingerprint density at radius 3 is 1.64 bits per heavy atom. The zero-order valence-electron chi connectivity index (χ0n) is 8.14. The van der Waals surface area contributed by atoms with Crippen LogP contribution in [-0.2, 0) is 0 Å². The Morgan fingerprint density at radius 2 is 1.45 bits per heavy atom. The lowest BCUT2D eigenvalue weighted by molar-refractivity contribution is 0.216. The highest BCUT2D eigenvalue weighted by Gasteiger charge is 2.05. The molecule has 1 nitrogen and oxygen atoms in total. The van der Waals surface area contributed by atoms with Gasteiger partial charge in [-0.3, -0.25) is 0 Å². The minimum absolute atomic E-state index is 0.167. The van der Waals surface area contributed by atoms with Gasteiger partial charge in [-0.05, 0) is 19.8 Å². The maximum absolute atomic E-state index is 8.06. The van der Waals surface area contributed by atoms with E-state index in [1.807, 2.05) is 0 Å². The Kier molecular flexibility index (Phi) is 6.63. The summed E-state index contributed by atoms with van der Waals surface area (Å²) in [6.07, 6.45) is 7.27. The summed E-state index contributed by atoms with van der Waals surface area (Å²) in [4.78, 5) is 0. The van der Waals surface area contributed by atoms with Gasteiger partial charge in [0.15, 0.2) is 0 Å². The van der Waals surface area contributed by atoms with Crippen molar-refractivity contribution >= 4 is 0 Å². The van der Waals surface area contributed by atoms with Gasteiger partial charge in [0, 0.05) is 6.10 Å². The van der Waals surface area contributed by atoms with Crippen LogP contribution < -0.4 is 0 Å². The molecule has 0 aromatic rings. The van der Waals surface area contributed by atoms with Crippen molar-refractivity contribution in [1.29, 1.82) is 0 Å². The van der Waals surface area contributed by atoms with Crippen molar-refractivity contribution in [2.24, 2.45) is 5.92 Å². The Bertz CT molecular complexity index is 70.2. The zero-order valence-corrected chi connectivity index (χ0v) is 8.14. The Labute approximate surface area is 70.8 Å². The molecule has 0 aromatic heterocycles. The van der Waals surface area contributed by atoms with E-state index in [1.54, 1.807) is 13.8 Å². The van der Waals surface area contributed by atoms with Gasteiger partial charge in [0.2, 0.25) is 0 Å². The number of hydrogen-bond donors (Lipinski definition) is 1. The second kappa shape index (κ2) is 6.66. The normalized spacial score (nSPS) is 19.4. The molecule has 1 fully saturated rings. The standard InChI is InChI=1S/C7H14.C3H8O/c1-7-5-3-2-4-6-7;1-3(2)4/h7H,2-6H2,1H3;3-4H,1-2H3. The van der Waals surface area contributed by atoms with Crippen LogP contribution in [0.1, 0.15) is 52.9 Å². The van der Waals surface area contributed by atoms with Crippen molar-refractivity contribution in [3.8, 4) is 0 Å². The molecule has 68 valence electrons. The second-order valence-electron chi connectivity index (χ2n) is 3.84. The van der Waals surface area contributed by atoms with E-state index in [0.29, 0.717) is 0 Å². The summed E-state index contributed by atoms with van der Waals surface area (Å²) in [5, 5.41) is 8.06. The number of aliphatic hydroxyl groups is 1. The van der Waals surface area contributed by atoms with Gasteiger partial charge in [-0.15, -0.1) is 0 Å². The first-order chi connectivity index (χ1) is 5.13. The predicted octanol–water partition coefficient (Wildman–Crippen LogP) is 2.97. The molecule has 0 saturated heterocycles. The van der Waals surface area contributed by atoms with Crippen LogP contribution in [0.5, 0.6) is 0 Å². The topological polar surface area (TPSA) is 20.2 Å². The molecule has 0 spiro atoms. The average molecular weight is 158 g/mol. The second-order valence-corrected chi connectivity index (χ2v) is 3.84. The molecule has 0 heterocycles. The van der Waals surface area contributed by atoms with Gasteiger partial charge in [-0.1, -0.05) is 39.0 Å². The van der Waals surface area contributed by atoms with Crippen LogP contribution in [0.2, 0.25) is 0 Å². The molecule has 0 aliphatic heterocycles. The first-order valence-electron chi connectivity index (χ1n) is 4.81. The van der Waals surface area contributed by atoms with Crippen molar-refractivity contribution in [1.82, 2.24) is 0 Å². The number of aliphatic hydroxyl groups excluding tert-OH is 1. The molecule has 1 aliphatic rings. The molecule has 0 atom stereocenters. The lowest BCUT2D eigenvalue weighted by Crippen LogP contribution is -1.99. The Balaban J connectivity index is 0.000000218. The lowest BCUT2D eigenvalue weighted by atomic mass is 9.91. The van der Waals surface area contributed by atoms with Gasteiger partial charge in [-0.2, -0.15) is 0 Å². The maximum atomic E-state index is 8.06. The van der Waals surface area contributed by atoms with Crippen molar-refractivity contribution < 1.29 is 5.11 Å². The summed E-state index contributed by atoms with van der Waals surface area (Å²) in [7, 11) is 0. The SMILES string of the molecule is CC(C)O.CC1CCCCC1. The summed E-state index contributed by atoms with van der Waals surface area (Å²) < 4.78 is 0. The highest BCUT2D eigenvalue weighted by molar-refractivity contribution is 4.59. The summed E-state index contributed by atoms with van der Waals surface area (Å²) >= 11 is 0. The van der Waals surface area contributed by atoms with Crippen LogP contribution in [0.3, 0.4) is 0 Å². The fourth-order valence-electron chi connectivity index (χ4n) is 1.31. The van der Waals surface area contributed by atoms with E-state index in [0.717, 1.165) is 5.92 Å². The summed E-state index contributed by atoms with van der Waals surface area (Å²) in [6.45, 7) is 5.80. The molecule has 0 aromatic carbocycles. The molecular weight excluding hydrogens is 136 g/mol. The maximum Gasteiger partial charge on any atom is 0.0483 e. The van der Waals surface area contributed by atoms with E-state index < -0.39 is 0 Å². The van der Waals surface area contributed by atoms with E-state index in [2.05, 4.69) is 6.92 Å². The van der Waals surface area contributed by atoms with Gasteiger partial charge in [-0.25, -0.2) is 0 Å². The molecule has 0 unspecified atom stereocenters. The molecular formula is C10H22O. The summed E-state index contributed by atoms with van der Waals surface area (Å²) in [5.41, 5.74) is 0. The van der Waals surface area contributed by atoms with Gasteiger partial charge in [0.25, 0.3) is 0 Å². The molecule has 1 rings (SSSR count). The monoisotopic (exact) mass is 158 g/mol. The van der Waals surface area contributed by atoms with Crippen molar-refractivity contribution in [2.75, 3.05) is 0 Å². The molecule has 0 bridgehead atoms. The van der Waals surface area contributed by atoms with Gasteiger partial charge < -0.3 is 5.11 Å². The Hall–Kier alpha value is -0.0400. The third-order valence-corrected chi connectivity index (χ3v) is 1.89. The molecule has 0 amide bonds. The van der Waals surface area contributed by atoms with Gasteiger partial charge in [0.1, 0.15) is 0 Å². The first kappa shape index (κ1) is 11.0. The van der Waals surface area contributed by atoms with Crippen molar-refractivity contribution in [2.45, 2.75) is 59.0 Å². The third-order valence-electron chi connectivity index (χ3n) is 1.89.